The van der Waals surface area contributed by atoms with Crippen molar-refractivity contribution in [2.45, 2.75) is 26.4 Å². The quantitative estimate of drug-likeness (QED) is 0.739. The molecule has 0 aliphatic rings. The van der Waals surface area contributed by atoms with Gasteiger partial charge >= 0.3 is 0 Å². The third-order valence-corrected chi connectivity index (χ3v) is 4.33. The van der Waals surface area contributed by atoms with Crippen LogP contribution in [0.4, 0.5) is 0 Å². The van der Waals surface area contributed by atoms with E-state index in [2.05, 4.69) is 71.5 Å². The Morgan fingerprint density at radius 3 is 2.40 bits per heavy atom. The molecule has 1 atom stereocenters. The van der Waals surface area contributed by atoms with E-state index in [1.165, 1.54) is 11.1 Å². The van der Waals surface area contributed by atoms with Gasteiger partial charge in [-0.25, -0.2) is 0 Å². The van der Waals surface area contributed by atoms with Crippen LogP contribution in [0.2, 0.25) is 5.02 Å². The van der Waals surface area contributed by atoms with E-state index >= 15 is 0 Å². The standard InChI is InChI=1S/C17H19BrClN/c1-12(2)17(13-6-4-3-5-7-13)20-11-14-8-9-15(19)10-16(14)18/h3-10,12,17,20H,11H2,1-2H3. The maximum atomic E-state index is 5.98. The highest BCUT2D eigenvalue weighted by Gasteiger charge is 2.15. The van der Waals surface area contributed by atoms with E-state index in [0.717, 1.165) is 16.0 Å². The van der Waals surface area contributed by atoms with Crippen LogP contribution in [0, 0.1) is 5.92 Å². The first kappa shape index (κ1) is 15.6. The molecule has 1 N–H and O–H groups in total. The Bertz CT molecular complexity index is 554. The minimum atomic E-state index is 0.346. The summed E-state index contributed by atoms with van der Waals surface area (Å²) in [5, 5.41) is 4.39. The summed E-state index contributed by atoms with van der Waals surface area (Å²) >= 11 is 9.54. The van der Waals surface area contributed by atoms with E-state index in [0.29, 0.717) is 12.0 Å². The third kappa shape index (κ3) is 4.08. The van der Waals surface area contributed by atoms with E-state index < -0.39 is 0 Å². The zero-order valence-corrected chi connectivity index (χ0v) is 14.1. The molecule has 0 bridgehead atoms. The summed E-state index contributed by atoms with van der Waals surface area (Å²) < 4.78 is 1.05. The Labute approximate surface area is 134 Å². The van der Waals surface area contributed by atoms with Gasteiger partial charge in [-0.15, -0.1) is 0 Å². The summed E-state index contributed by atoms with van der Waals surface area (Å²) in [6.45, 7) is 5.29. The molecule has 2 aromatic carbocycles. The van der Waals surface area contributed by atoms with Crippen molar-refractivity contribution in [2.24, 2.45) is 5.92 Å². The first-order chi connectivity index (χ1) is 9.58. The van der Waals surface area contributed by atoms with Gasteiger partial charge in [-0.2, -0.15) is 0 Å². The smallest absolute Gasteiger partial charge is 0.0417 e. The summed E-state index contributed by atoms with van der Waals surface area (Å²) in [6, 6.07) is 16.8. The number of nitrogens with one attached hydrogen (secondary N) is 1. The van der Waals surface area contributed by atoms with Crippen LogP contribution in [0.1, 0.15) is 31.0 Å². The molecule has 0 aliphatic heterocycles. The molecule has 2 aromatic rings. The highest BCUT2D eigenvalue weighted by molar-refractivity contribution is 9.10. The van der Waals surface area contributed by atoms with Gasteiger partial charge in [0.1, 0.15) is 0 Å². The van der Waals surface area contributed by atoms with Crippen LogP contribution in [0.15, 0.2) is 53.0 Å². The van der Waals surface area contributed by atoms with Gasteiger partial charge in [0.2, 0.25) is 0 Å². The van der Waals surface area contributed by atoms with Gasteiger partial charge in [-0.1, -0.05) is 77.8 Å². The average Bonchev–Trinajstić information content (AvgIpc) is 2.42. The Balaban J connectivity index is 2.10. The summed E-state index contributed by atoms with van der Waals surface area (Å²) in [7, 11) is 0. The van der Waals surface area contributed by atoms with E-state index in [9.17, 15) is 0 Å². The average molecular weight is 353 g/mol. The zero-order valence-electron chi connectivity index (χ0n) is 11.7. The Kier molecular flexibility index (Phi) is 5.64. The molecular weight excluding hydrogens is 334 g/mol. The second kappa shape index (κ2) is 7.26. The normalized spacial score (nSPS) is 12.7. The van der Waals surface area contributed by atoms with E-state index in [1.54, 1.807) is 0 Å². The fourth-order valence-electron chi connectivity index (χ4n) is 2.28. The van der Waals surface area contributed by atoms with Crippen molar-refractivity contribution in [3.8, 4) is 0 Å². The van der Waals surface area contributed by atoms with Gasteiger partial charge in [0, 0.05) is 22.1 Å². The predicted molar refractivity (Wildman–Crippen MR) is 90.0 cm³/mol. The van der Waals surface area contributed by atoms with Crippen molar-refractivity contribution in [3.63, 3.8) is 0 Å². The summed E-state index contributed by atoms with van der Waals surface area (Å²) in [5.74, 6) is 0.531. The van der Waals surface area contributed by atoms with Crippen molar-refractivity contribution in [3.05, 3.63) is 69.2 Å². The van der Waals surface area contributed by atoms with Gasteiger partial charge in [0.25, 0.3) is 0 Å². The monoisotopic (exact) mass is 351 g/mol. The topological polar surface area (TPSA) is 12.0 Å². The van der Waals surface area contributed by atoms with E-state index in [4.69, 9.17) is 11.6 Å². The molecule has 0 aromatic heterocycles. The van der Waals surface area contributed by atoms with Gasteiger partial charge in [-0.05, 0) is 29.2 Å². The van der Waals surface area contributed by atoms with Crippen LogP contribution in [0.3, 0.4) is 0 Å². The molecule has 20 heavy (non-hydrogen) atoms. The van der Waals surface area contributed by atoms with Gasteiger partial charge in [0.15, 0.2) is 0 Å². The third-order valence-electron chi connectivity index (χ3n) is 3.35. The number of hydrogen-bond donors (Lipinski definition) is 1. The van der Waals surface area contributed by atoms with E-state index in [1.807, 2.05) is 12.1 Å². The lowest BCUT2D eigenvalue weighted by molar-refractivity contribution is 0.410. The molecule has 0 amide bonds. The molecule has 2 rings (SSSR count). The molecule has 1 unspecified atom stereocenters. The van der Waals surface area contributed by atoms with Crippen molar-refractivity contribution >= 4 is 27.5 Å². The van der Waals surface area contributed by atoms with Crippen LogP contribution in [-0.2, 0) is 6.54 Å². The molecule has 0 heterocycles. The number of rotatable bonds is 5. The first-order valence-electron chi connectivity index (χ1n) is 6.80. The molecule has 0 saturated carbocycles. The number of hydrogen-bond acceptors (Lipinski definition) is 1. The number of halogens is 2. The Hall–Kier alpha value is -0.830. The second-order valence-electron chi connectivity index (χ2n) is 5.25. The van der Waals surface area contributed by atoms with Crippen LogP contribution in [-0.4, -0.2) is 0 Å². The van der Waals surface area contributed by atoms with Crippen LogP contribution in [0.5, 0.6) is 0 Å². The zero-order chi connectivity index (χ0) is 14.5. The maximum Gasteiger partial charge on any atom is 0.0417 e. The Morgan fingerprint density at radius 2 is 1.80 bits per heavy atom. The molecular formula is C17H19BrClN. The summed E-state index contributed by atoms with van der Waals surface area (Å²) in [4.78, 5) is 0. The lowest BCUT2D eigenvalue weighted by atomic mass is 9.96. The SMILES string of the molecule is CC(C)C(NCc1ccc(Cl)cc1Br)c1ccccc1. The van der Waals surface area contributed by atoms with Crippen molar-refractivity contribution in [1.82, 2.24) is 5.32 Å². The molecule has 106 valence electrons. The molecule has 1 nitrogen and oxygen atoms in total. The Morgan fingerprint density at radius 1 is 1.10 bits per heavy atom. The predicted octanol–water partition coefficient (Wildman–Crippen LogP) is 5.59. The molecule has 0 radical (unpaired) electrons. The van der Waals surface area contributed by atoms with Crippen LogP contribution >= 0.6 is 27.5 Å². The number of benzene rings is 2. The molecule has 3 heteroatoms. The van der Waals surface area contributed by atoms with Crippen molar-refractivity contribution in [1.29, 1.82) is 0 Å². The summed E-state index contributed by atoms with van der Waals surface area (Å²) in [6.07, 6.45) is 0. The lowest BCUT2D eigenvalue weighted by Crippen LogP contribution is -2.25. The molecule has 0 aliphatic carbocycles. The molecule has 0 saturated heterocycles. The largest absolute Gasteiger partial charge is 0.306 e. The first-order valence-corrected chi connectivity index (χ1v) is 7.97. The summed E-state index contributed by atoms with van der Waals surface area (Å²) in [5.41, 5.74) is 2.54. The molecule has 0 fully saturated rings. The fraction of sp³-hybridized carbons (Fsp3) is 0.294. The van der Waals surface area contributed by atoms with Crippen LogP contribution in [0.25, 0.3) is 0 Å². The lowest BCUT2D eigenvalue weighted by Gasteiger charge is -2.23. The highest BCUT2D eigenvalue weighted by atomic mass is 79.9. The van der Waals surface area contributed by atoms with Gasteiger partial charge < -0.3 is 5.32 Å². The van der Waals surface area contributed by atoms with Crippen molar-refractivity contribution < 1.29 is 0 Å². The van der Waals surface area contributed by atoms with Crippen LogP contribution < -0.4 is 5.32 Å². The minimum Gasteiger partial charge on any atom is -0.306 e. The second-order valence-corrected chi connectivity index (χ2v) is 6.54. The van der Waals surface area contributed by atoms with Gasteiger partial charge in [0.05, 0.1) is 0 Å². The maximum absolute atomic E-state index is 5.98. The fourth-order valence-corrected chi connectivity index (χ4v) is 3.11. The van der Waals surface area contributed by atoms with E-state index in [-0.39, 0.29) is 0 Å². The van der Waals surface area contributed by atoms with Crippen molar-refractivity contribution in [2.75, 3.05) is 0 Å². The van der Waals surface area contributed by atoms with Gasteiger partial charge in [-0.3, -0.25) is 0 Å². The molecule has 0 spiro atoms. The highest BCUT2D eigenvalue weighted by Crippen LogP contribution is 2.25. The minimum absolute atomic E-state index is 0.346.